The molecule has 0 radical (unpaired) electrons. The number of nitrogens with zero attached hydrogens (tertiary/aromatic N) is 2. The van der Waals surface area contributed by atoms with Crippen LogP contribution in [0.2, 0.25) is 0 Å². The number of carbonyl (C=O) groups is 1. The quantitative estimate of drug-likeness (QED) is 0.618. The Hall–Kier alpha value is -0.610. The number of rotatable bonds is 3. The number of hydrogen-bond acceptors (Lipinski definition) is 4. The van der Waals surface area contributed by atoms with Crippen molar-refractivity contribution in [3.05, 3.63) is 11.1 Å². The van der Waals surface area contributed by atoms with Crippen LogP contribution in [0.3, 0.4) is 0 Å². The molecule has 2 heterocycles. The fourth-order valence-electron chi connectivity index (χ4n) is 1.97. The van der Waals surface area contributed by atoms with Crippen molar-refractivity contribution >= 4 is 33.9 Å². The third kappa shape index (κ3) is 2.55. The van der Waals surface area contributed by atoms with E-state index in [9.17, 15) is 4.79 Å². The first-order valence-corrected chi connectivity index (χ1v) is 6.91. The summed E-state index contributed by atoms with van der Waals surface area (Å²) in [5, 5.41) is 2.76. The number of halogens is 1. The van der Waals surface area contributed by atoms with Gasteiger partial charge in [0.2, 0.25) is 0 Å². The van der Waals surface area contributed by atoms with Gasteiger partial charge in [0, 0.05) is 18.5 Å². The predicted molar refractivity (Wildman–Crippen MR) is 67.8 cm³/mol. The van der Waals surface area contributed by atoms with Gasteiger partial charge in [-0.15, -0.1) is 22.9 Å². The van der Waals surface area contributed by atoms with Gasteiger partial charge >= 0.3 is 0 Å². The summed E-state index contributed by atoms with van der Waals surface area (Å²) < 4.78 is 0. The molecule has 1 aromatic rings. The highest BCUT2D eigenvalue weighted by Crippen LogP contribution is 2.26. The van der Waals surface area contributed by atoms with Crippen LogP contribution in [0.15, 0.2) is 5.38 Å². The SMILES string of the molecule is CC1CCCN(c2nc(C(=O)CCl)cs2)C1. The van der Waals surface area contributed by atoms with Crippen molar-refractivity contribution in [3.63, 3.8) is 0 Å². The molecule has 88 valence electrons. The van der Waals surface area contributed by atoms with Crippen molar-refractivity contribution in [3.8, 4) is 0 Å². The van der Waals surface area contributed by atoms with Crippen LogP contribution in [0.25, 0.3) is 0 Å². The Balaban J connectivity index is 2.09. The minimum Gasteiger partial charge on any atom is -0.348 e. The smallest absolute Gasteiger partial charge is 0.196 e. The van der Waals surface area contributed by atoms with Crippen LogP contribution in [-0.4, -0.2) is 29.7 Å². The van der Waals surface area contributed by atoms with Gasteiger partial charge in [0.25, 0.3) is 0 Å². The Morgan fingerprint density at radius 2 is 2.56 bits per heavy atom. The van der Waals surface area contributed by atoms with E-state index in [-0.39, 0.29) is 11.7 Å². The molecule has 1 aromatic heterocycles. The molecule has 0 amide bonds. The first-order valence-electron chi connectivity index (χ1n) is 5.50. The molecule has 1 aliphatic heterocycles. The van der Waals surface area contributed by atoms with Crippen LogP contribution in [0.4, 0.5) is 5.13 Å². The molecule has 0 bridgehead atoms. The van der Waals surface area contributed by atoms with Gasteiger partial charge in [-0.05, 0) is 18.8 Å². The van der Waals surface area contributed by atoms with E-state index in [0.29, 0.717) is 11.6 Å². The summed E-state index contributed by atoms with van der Waals surface area (Å²) in [5.74, 6) is 0.638. The Bertz CT molecular complexity index is 380. The normalized spacial score (nSPS) is 21.1. The Morgan fingerprint density at radius 1 is 1.75 bits per heavy atom. The molecule has 1 saturated heterocycles. The van der Waals surface area contributed by atoms with Crippen molar-refractivity contribution in [1.29, 1.82) is 0 Å². The largest absolute Gasteiger partial charge is 0.348 e. The third-order valence-electron chi connectivity index (χ3n) is 2.83. The molecule has 0 spiro atoms. The summed E-state index contributed by atoms with van der Waals surface area (Å²) in [4.78, 5) is 18.0. The molecule has 16 heavy (non-hydrogen) atoms. The molecule has 2 rings (SSSR count). The standard InChI is InChI=1S/C11H15ClN2OS/c1-8-3-2-4-14(6-8)11-13-9(7-16-11)10(15)5-12/h7-8H,2-6H2,1H3. The molecule has 1 fully saturated rings. The Morgan fingerprint density at radius 3 is 3.25 bits per heavy atom. The number of ketones is 1. The van der Waals surface area contributed by atoms with Crippen molar-refractivity contribution in [2.24, 2.45) is 5.92 Å². The lowest BCUT2D eigenvalue weighted by Gasteiger charge is -2.30. The molecular formula is C11H15ClN2OS. The van der Waals surface area contributed by atoms with Gasteiger partial charge in [-0.3, -0.25) is 4.79 Å². The highest BCUT2D eigenvalue weighted by molar-refractivity contribution is 7.14. The summed E-state index contributed by atoms with van der Waals surface area (Å²) in [6.45, 7) is 4.35. The second-order valence-corrected chi connectivity index (χ2v) is 5.37. The lowest BCUT2D eigenvalue weighted by Crippen LogP contribution is -2.34. The molecule has 1 aliphatic rings. The second kappa shape index (κ2) is 5.15. The zero-order chi connectivity index (χ0) is 11.5. The maximum Gasteiger partial charge on any atom is 0.196 e. The predicted octanol–water partition coefficient (Wildman–Crippen LogP) is 2.80. The first-order chi connectivity index (χ1) is 7.70. The summed E-state index contributed by atoms with van der Waals surface area (Å²) >= 11 is 7.04. The minimum absolute atomic E-state index is 0.0135. The topological polar surface area (TPSA) is 33.2 Å². The summed E-state index contributed by atoms with van der Waals surface area (Å²) in [5.41, 5.74) is 0.508. The third-order valence-corrected chi connectivity index (χ3v) is 3.97. The van der Waals surface area contributed by atoms with Crippen molar-refractivity contribution in [2.75, 3.05) is 23.9 Å². The highest BCUT2D eigenvalue weighted by Gasteiger charge is 2.20. The summed E-state index contributed by atoms with van der Waals surface area (Å²) in [7, 11) is 0. The first kappa shape index (κ1) is 11.9. The van der Waals surface area contributed by atoms with E-state index in [1.165, 1.54) is 24.2 Å². The van der Waals surface area contributed by atoms with Crippen LogP contribution in [0.5, 0.6) is 0 Å². The van der Waals surface area contributed by atoms with Gasteiger partial charge in [-0.2, -0.15) is 0 Å². The molecule has 5 heteroatoms. The number of aromatic nitrogens is 1. The fourth-order valence-corrected chi connectivity index (χ4v) is 2.97. The van der Waals surface area contributed by atoms with E-state index in [2.05, 4.69) is 16.8 Å². The summed E-state index contributed by atoms with van der Waals surface area (Å²) in [6.07, 6.45) is 2.49. The average Bonchev–Trinajstić information content (AvgIpc) is 2.77. The Labute approximate surface area is 104 Å². The van der Waals surface area contributed by atoms with Crippen molar-refractivity contribution in [1.82, 2.24) is 4.98 Å². The van der Waals surface area contributed by atoms with Gasteiger partial charge in [0.15, 0.2) is 10.9 Å². The lowest BCUT2D eigenvalue weighted by molar-refractivity contribution is 0.101. The van der Waals surface area contributed by atoms with E-state index in [0.717, 1.165) is 18.2 Å². The Kier molecular flexibility index (Phi) is 3.82. The molecule has 0 aromatic carbocycles. The maximum absolute atomic E-state index is 11.4. The lowest BCUT2D eigenvalue weighted by atomic mass is 10.0. The van der Waals surface area contributed by atoms with E-state index in [1.54, 1.807) is 5.38 Å². The van der Waals surface area contributed by atoms with Gasteiger partial charge in [-0.25, -0.2) is 4.98 Å². The van der Waals surface area contributed by atoms with Gasteiger partial charge in [0.05, 0.1) is 5.88 Å². The monoisotopic (exact) mass is 258 g/mol. The molecule has 0 saturated carbocycles. The van der Waals surface area contributed by atoms with Crippen LogP contribution >= 0.6 is 22.9 Å². The van der Waals surface area contributed by atoms with E-state index in [4.69, 9.17) is 11.6 Å². The molecule has 0 aliphatic carbocycles. The zero-order valence-corrected chi connectivity index (χ0v) is 10.9. The molecule has 0 N–H and O–H groups in total. The number of thiazole rings is 1. The van der Waals surface area contributed by atoms with E-state index >= 15 is 0 Å². The molecular weight excluding hydrogens is 244 g/mol. The second-order valence-electron chi connectivity index (χ2n) is 4.27. The van der Waals surface area contributed by atoms with E-state index < -0.39 is 0 Å². The van der Waals surface area contributed by atoms with Gasteiger partial charge in [0.1, 0.15) is 5.69 Å². The van der Waals surface area contributed by atoms with Crippen LogP contribution < -0.4 is 4.90 Å². The number of Topliss-reactive ketones (excluding diaryl/α,β-unsaturated/α-hetero) is 1. The molecule has 1 atom stereocenters. The number of hydrogen-bond donors (Lipinski definition) is 0. The van der Waals surface area contributed by atoms with E-state index in [1.807, 2.05) is 0 Å². The number of piperidine rings is 1. The van der Waals surface area contributed by atoms with Crippen molar-refractivity contribution in [2.45, 2.75) is 19.8 Å². The van der Waals surface area contributed by atoms with Gasteiger partial charge < -0.3 is 4.90 Å². The molecule has 1 unspecified atom stereocenters. The zero-order valence-electron chi connectivity index (χ0n) is 9.28. The maximum atomic E-state index is 11.4. The van der Waals surface area contributed by atoms with Gasteiger partial charge in [-0.1, -0.05) is 6.92 Å². The molecule has 3 nitrogen and oxygen atoms in total. The minimum atomic E-state index is -0.0887. The van der Waals surface area contributed by atoms with Crippen molar-refractivity contribution < 1.29 is 4.79 Å². The average molecular weight is 259 g/mol. The number of carbonyl (C=O) groups excluding carboxylic acids is 1. The van der Waals surface area contributed by atoms with Crippen LogP contribution in [-0.2, 0) is 0 Å². The highest BCUT2D eigenvalue weighted by atomic mass is 35.5. The van der Waals surface area contributed by atoms with Crippen LogP contribution in [0.1, 0.15) is 30.3 Å². The van der Waals surface area contributed by atoms with Crippen LogP contribution in [0, 0.1) is 5.92 Å². The fraction of sp³-hybridized carbons (Fsp3) is 0.636. The number of anilines is 1. The summed E-state index contributed by atoms with van der Waals surface area (Å²) in [6, 6.07) is 0. The number of alkyl halides is 1.